The number of hydrogen-bond donors (Lipinski definition) is 3. The third kappa shape index (κ3) is 7.71. The van der Waals surface area contributed by atoms with Crippen LogP contribution >= 0.6 is 23.5 Å². The van der Waals surface area contributed by atoms with Gasteiger partial charge in [0.05, 0.1) is 0 Å². The Labute approximate surface area is 117 Å². The van der Waals surface area contributed by atoms with E-state index in [1.54, 1.807) is 23.5 Å². The molecule has 0 aromatic rings. The van der Waals surface area contributed by atoms with Crippen molar-refractivity contribution in [1.29, 1.82) is 0 Å². The van der Waals surface area contributed by atoms with E-state index in [4.69, 9.17) is 5.11 Å². The van der Waals surface area contributed by atoms with Crippen molar-refractivity contribution < 1.29 is 14.7 Å². The van der Waals surface area contributed by atoms with E-state index in [1.807, 2.05) is 19.4 Å². The van der Waals surface area contributed by atoms with Crippen LogP contribution in [0.3, 0.4) is 0 Å². The predicted octanol–water partition coefficient (Wildman–Crippen LogP) is 1.63. The third-order valence-electron chi connectivity index (χ3n) is 2.41. The van der Waals surface area contributed by atoms with E-state index in [0.29, 0.717) is 12.2 Å². The number of carbonyl (C=O) groups is 2. The Morgan fingerprint density at radius 3 is 2.33 bits per heavy atom. The summed E-state index contributed by atoms with van der Waals surface area (Å²) in [7, 11) is 0. The van der Waals surface area contributed by atoms with Crippen molar-refractivity contribution in [2.24, 2.45) is 0 Å². The zero-order chi connectivity index (χ0) is 14.0. The normalized spacial score (nSPS) is 13.7. The van der Waals surface area contributed by atoms with E-state index in [9.17, 15) is 9.59 Å². The van der Waals surface area contributed by atoms with Gasteiger partial charge in [-0.1, -0.05) is 6.92 Å². The number of thioether (sulfide) groups is 2. The fourth-order valence-electron chi connectivity index (χ4n) is 1.34. The van der Waals surface area contributed by atoms with Gasteiger partial charge in [0.25, 0.3) is 0 Å². The fourth-order valence-corrected chi connectivity index (χ4v) is 2.53. The number of urea groups is 1. The lowest BCUT2D eigenvalue weighted by atomic mass is 10.2. The molecule has 3 N–H and O–H groups in total. The smallest absolute Gasteiger partial charge is 0.326 e. The van der Waals surface area contributed by atoms with E-state index in [1.165, 1.54) is 0 Å². The molecule has 5 nitrogen and oxygen atoms in total. The van der Waals surface area contributed by atoms with Crippen LogP contribution in [0.4, 0.5) is 4.79 Å². The Balaban J connectivity index is 4.19. The molecule has 0 spiro atoms. The summed E-state index contributed by atoms with van der Waals surface area (Å²) in [5.74, 6) is 0.545. The third-order valence-corrected chi connectivity index (χ3v) is 3.79. The summed E-state index contributed by atoms with van der Waals surface area (Å²) in [6.07, 6.45) is 5.14. The lowest BCUT2D eigenvalue weighted by Crippen LogP contribution is -2.49. The summed E-state index contributed by atoms with van der Waals surface area (Å²) in [5, 5.41) is 14.3. The molecule has 0 aliphatic heterocycles. The molecule has 2 unspecified atom stereocenters. The van der Waals surface area contributed by atoms with Crippen LogP contribution in [0.2, 0.25) is 0 Å². The first-order valence-corrected chi connectivity index (χ1v) is 8.61. The standard InChI is InChI=1S/C11H22N2O3S2/c1-4-8(7-18-3)12-11(16)13-9(10(14)15)5-6-17-2/h8-9H,4-7H2,1-3H3,(H,14,15)(H2,12,13,16). The first-order chi connectivity index (χ1) is 8.54. The summed E-state index contributed by atoms with van der Waals surface area (Å²) in [4.78, 5) is 22.6. The summed E-state index contributed by atoms with van der Waals surface area (Å²) < 4.78 is 0. The average molecular weight is 294 g/mol. The van der Waals surface area contributed by atoms with Crippen molar-refractivity contribution in [2.45, 2.75) is 31.8 Å². The Hall–Kier alpha value is -0.560. The zero-order valence-corrected chi connectivity index (χ0v) is 12.7. The Morgan fingerprint density at radius 1 is 1.22 bits per heavy atom. The topological polar surface area (TPSA) is 78.4 Å². The van der Waals surface area contributed by atoms with Crippen molar-refractivity contribution in [3.8, 4) is 0 Å². The SMILES string of the molecule is CCC(CSC)NC(=O)NC(CCSC)C(=O)O. The van der Waals surface area contributed by atoms with Crippen LogP contribution in [-0.4, -0.2) is 53.2 Å². The monoisotopic (exact) mass is 294 g/mol. The molecule has 0 saturated heterocycles. The van der Waals surface area contributed by atoms with E-state index >= 15 is 0 Å². The molecule has 0 saturated carbocycles. The van der Waals surface area contributed by atoms with Crippen LogP contribution in [0.5, 0.6) is 0 Å². The maximum atomic E-state index is 11.7. The van der Waals surface area contributed by atoms with E-state index in [0.717, 1.165) is 12.2 Å². The van der Waals surface area contributed by atoms with Gasteiger partial charge in [0.1, 0.15) is 6.04 Å². The van der Waals surface area contributed by atoms with Crippen molar-refractivity contribution in [3.63, 3.8) is 0 Å². The van der Waals surface area contributed by atoms with Crippen LogP contribution in [0.25, 0.3) is 0 Å². The molecule has 0 radical (unpaired) electrons. The molecule has 0 bridgehead atoms. The predicted molar refractivity (Wildman–Crippen MR) is 78.6 cm³/mol. The number of carboxylic acid groups (broad SMARTS) is 1. The highest BCUT2D eigenvalue weighted by Crippen LogP contribution is 2.03. The van der Waals surface area contributed by atoms with Crippen LogP contribution in [0.1, 0.15) is 19.8 Å². The van der Waals surface area contributed by atoms with Crippen LogP contribution in [-0.2, 0) is 4.79 Å². The van der Waals surface area contributed by atoms with Crippen LogP contribution in [0.15, 0.2) is 0 Å². The highest BCUT2D eigenvalue weighted by molar-refractivity contribution is 7.98. The van der Waals surface area contributed by atoms with Gasteiger partial charge in [-0.2, -0.15) is 23.5 Å². The molecule has 0 aromatic heterocycles. The molecule has 2 atom stereocenters. The highest BCUT2D eigenvalue weighted by atomic mass is 32.2. The molecule has 18 heavy (non-hydrogen) atoms. The van der Waals surface area contributed by atoms with Gasteiger partial charge in [-0.3, -0.25) is 0 Å². The summed E-state index contributed by atoms with van der Waals surface area (Å²) in [5.41, 5.74) is 0. The Kier molecular flexibility index (Phi) is 10.0. The van der Waals surface area contributed by atoms with Gasteiger partial charge in [0.2, 0.25) is 0 Å². The molecule has 0 heterocycles. The second-order valence-electron chi connectivity index (χ2n) is 3.85. The maximum Gasteiger partial charge on any atom is 0.326 e. The molecule has 7 heteroatoms. The lowest BCUT2D eigenvalue weighted by molar-refractivity contribution is -0.139. The molecule has 0 rings (SSSR count). The second-order valence-corrected chi connectivity index (χ2v) is 5.75. The molecule has 0 aromatic carbocycles. The molecular formula is C11H22N2O3S2. The quantitative estimate of drug-likeness (QED) is 0.602. The first-order valence-electron chi connectivity index (χ1n) is 5.82. The average Bonchev–Trinajstić information content (AvgIpc) is 2.33. The number of amides is 2. The van der Waals surface area contributed by atoms with Gasteiger partial charge < -0.3 is 15.7 Å². The van der Waals surface area contributed by atoms with Gasteiger partial charge in [-0.15, -0.1) is 0 Å². The molecule has 0 fully saturated rings. The van der Waals surface area contributed by atoms with Gasteiger partial charge in [-0.05, 0) is 31.1 Å². The summed E-state index contributed by atoms with van der Waals surface area (Å²) >= 11 is 3.22. The fraction of sp³-hybridized carbons (Fsp3) is 0.818. The second kappa shape index (κ2) is 10.4. The minimum absolute atomic E-state index is 0.0787. The van der Waals surface area contributed by atoms with Gasteiger partial charge in [0.15, 0.2) is 0 Å². The van der Waals surface area contributed by atoms with E-state index < -0.39 is 18.0 Å². The number of carbonyl (C=O) groups excluding carboxylic acids is 1. The molecular weight excluding hydrogens is 272 g/mol. The van der Waals surface area contributed by atoms with Gasteiger partial charge in [0, 0.05) is 11.8 Å². The number of hydrogen-bond acceptors (Lipinski definition) is 4. The number of carboxylic acids is 1. The summed E-state index contributed by atoms with van der Waals surface area (Å²) in [6, 6.07) is -1.14. The first kappa shape index (κ1) is 17.4. The zero-order valence-electron chi connectivity index (χ0n) is 11.1. The van der Waals surface area contributed by atoms with Crippen molar-refractivity contribution in [2.75, 3.05) is 24.0 Å². The molecule has 2 amide bonds. The molecule has 106 valence electrons. The van der Waals surface area contributed by atoms with E-state index in [2.05, 4.69) is 10.6 Å². The highest BCUT2D eigenvalue weighted by Gasteiger charge is 2.20. The van der Waals surface area contributed by atoms with Crippen molar-refractivity contribution in [3.05, 3.63) is 0 Å². The Morgan fingerprint density at radius 2 is 1.89 bits per heavy atom. The van der Waals surface area contributed by atoms with Crippen molar-refractivity contribution >= 4 is 35.5 Å². The van der Waals surface area contributed by atoms with Crippen molar-refractivity contribution in [1.82, 2.24) is 10.6 Å². The lowest BCUT2D eigenvalue weighted by Gasteiger charge is -2.19. The number of rotatable bonds is 9. The van der Waals surface area contributed by atoms with Crippen LogP contribution in [0, 0.1) is 0 Å². The van der Waals surface area contributed by atoms with E-state index in [-0.39, 0.29) is 6.04 Å². The molecule has 0 aliphatic rings. The molecule has 0 aliphatic carbocycles. The maximum absolute atomic E-state index is 11.7. The number of nitrogens with one attached hydrogen (secondary N) is 2. The largest absolute Gasteiger partial charge is 0.480 e. The van der Waals surface area contributed by atoms with Crippen LogP contribution < -0.4 is 10.6 Å². The minimum Gasteiger partial charge on any atom is -0.480 e. The number of aliphatic carboxylic acids is 1. The minimum atomic E-state index is -0.989. The van der Waals surface area contributed by atoms with Gasteiger partial charge >= 0.3 is 12.0 Å². The van der Waals surface area contributed by atoms with Gasteiger partial charge in [-0.25, -0.2) is 9.59 Å². The summed E-state index contributed by atoms with van der Waals surface area (Å²) in [6.45, 7) is 1.99. The Bertz CT molecular complexity index is 265.